The van der Waals surface area contributed by atoms with Gasteiger partial charge in [0.25, 0.3) is 0 Å². The molecule has 0 bridgehead atoms. The van der Waals surface area contributed by atoms with Crippen LogP contribution in [-0.4, -0.2) is 22.1 Å². The van der Waals surface area contributed by atoms with Gasteiger partial charge in [0.1, 0.15) is 6.04 Å². The number of aliphatic carboxylic acids is 1. The molecule has 1 atom stereocenters. The first-order chi connectivity index (χ1) is 7.02. The van der Waals surface area contributed by atoms with Gasteiger partial charge in [0.2, 0.25) is 0 Å². The molecule has 0 fully saturated rings. The van der Waals surface area contributed by atoms with Gasteiger partial charge in [-0.1, -0.05) is 13.8 Å². The van der Waals surface area contributed by atoms with Crippen molar-refractivity contribution in [3.05, 3.63) is 24.0 Å². The first kappa shape index (κ1) is 11.5. The van der Waals surface area contributed by atoms with Crippen LogP contribution in [0.4, 0.5) is 5.69 Å². The molecule has 0 saturated heterocycles. The monoisotopic (exact) mass is 208 g/mol. The van der Waals surface area contributed by atoms with Crippen LogP contribution < -0.4 is 5.32 Å². The summed E-state index contributed by atoms with van der Waals surface area (Å²) in [5.41, 5.74) is 1.88. The van der Waals surface area contributed by atoms with E-state index in [1.165, 1.54) is 0 Å². The fourth-order valence-electron chi connectivity index (χ4n) is 1.32. The van der Waals surface area contributed by atoms with Crippen molar-refractivity contribution in [1.82, 2.24) is 4.98 Å². The maximum Gasteiger partial charge on any atom is 0.325 e. The number of carboxylic acids is 1. The number of carbonyl (C=O) groups is 1. The minimum Gasteiger partial charge on any atom is -0.480 e. The van der Waals surface area contributed by atoms with Crippen molar-refractivity contribution in [3.8, 4) is 0 Å². The van der Waals surface area contributed by atoms with Crippen LogP contribution in [0.2, 0.25) is 0 Å². The second kappa shape index (κ2) is 4.77. The predicted octanol–water partition coefficient (Wildman–Crippen LogP) is 2.09. The second-order valence-electron chi connectivity index (χ2n) is 3.82. The fourth-order valence-corrected chi connectivity index (χ4v) is 1.32. The standard InChI is InChI=1S/C11H16N2O2/c1-7(2)9-4-5-12-6-10(9)13-8(3)11(14)15/h4-8,13H,1-3H3,(H,14,15)/t8-/m0/s1. The Morgan fingerprint density at radius 1 is 1.47 bits per heavy atom. The molecule has 0 aliphatic carbocycles. The summed E-state index contributed by atoms with van der Waals surface area (Å²) in [6.07, 6.45) is 3.38. The predicted molar refractivity (Wildman–Crippen MR) is 59.0 cm³/mol. The van der Waals surface area contributed by atoms with Crippen LogP contribution in [0, 0.1) is 0 Å². The molecule has 0 unspecified atom stereocenters. The summed E-state index contributed by atoms with van der Waals surface area (Å²) in [6.45, 7) is 5.73. The molecular weight excluding hydrogens is 192 g/mol. The molecule has 1 rings (SSSR count). The highest BCUT2D eigenvalue weighted by atomic mass is 16.4. The van der Waals surface area contributed by atoms with Gasteiger partial charge >= 0.3 is 5.97 Å². The summed E-state index contributed by atoms with van der Waals surface area (Å²) in [7, 11) is 0. The van der Waals surface area contributed by atoms with E-state index in [0.29, 0.717) is 5.92 Å². The lowest BCUT2D eigenvalue weighted by molar-refractivity contribution is -0.137. The maximum atomic E-state index is 10.7. The Hall–Kier alpha value is -1.58. The van der Waals surface area contributed by atoms with E-state index in [4.69, 9.17) is 5.11 Å². The Bertz CT molecular complexity index is 350. The molecule has 1 aromatic rings. The Morgan fingerprint density at radius 2 is 2.13 bits per heavy atom. The zero-order valence-corrected chi connectivity index (χ0v) is 9.19. The Balaban J connectivity index is 2.89. The highest BCUT2D eigenvalue weighted by molar-refractivity contribution is 5.77. The van der Waals surface area contributed by atoms with Crippen molar-refractivity contribution < 1.29 is 9.90 Å². The van der Waals surface area contributed by atoms with Gasteiger partial charge in [0.15, 0.2) is 0 Å². The molecular formula is C11H16N2O2. The van der Waals surface area contributed by atoms with Crippen LogP contribution in [0.15, 0.2) is 18.5 Å². The van der Waals surface area contributed by atoms with Gasteiger partial charge in [-0.3, -0.25) is 9.78 Å². The number of pyridine rings is 1. The lowest BCUT2D eigenvalue weighted by Crippen LogP contribution is -2.26. The number of hydrogen-bond donors (Lipinski definition) is 2. The van der Waals surface area contributed by atoms with Crippen molar-refractivity contribution in [2.45, 2.75) is 32.7 Å². The molecule has 0 aliphatic rings. The van der Waals surface area contributed by atoms with Gasteiger partial charge in [-0.25, -0.2) is 0 Å². The van der Waals surface area contributed by atoms with Gasteiger partial charge in [-0.2, -0.15) is 0 Å². The van der Waals surface area contributed by atoms with Crippen LogP contribution in [0.25, 0.3) is 0 Å². The first-order valence-electron chi connectivity index (χ1n) is 4.95. The summed E-state index contributed by atoms with van der Waals surface area (Å²) in [4.78, 5) is 14.7. The van der Waals surface area contributed by atoms with Gasteiger partial charge in [-0.15, -0.1) is 0 Å². The van der Waals surface area contributed by atoms with Crippen LogP contribution in [0.3, 0.4) is 0 Å². The van der Waals surface area contributed by atoms with E-state index in [9.17, 15) is 4.79 Å². The van der Waals surface area contributed by atoms with E-state index in [1.54, 1.807) is 19.3 Å². The van der Waals surface area contributed by atoms with Gasteiger partial charge in [-0.05, 0) is 24.5 Å². The molecule has 4 heteroatoms. The first-order valence-corrected chi connectivity index (χ1v) is 4.95. The minimum absolute atomic E-state index is 0.344. The van der Waals surface area contributed by atoms with Crippen molar-refractivity contribution in [1.29, 1.82) is 0 Å². The molecule has 1 aromatic heterocycles. The van der Waals surface area contributed by atoms with Crippen LogP contribution in [-0.2, 0) is 4.79 Å². The minimum atomic E-state index is -0.867. The molecule has 0 radical (unpaired) electrons. The number of nitrogens with zero attached hydrogens (tertiary/aromatic N) is 1. The maximum absolute atomic E-state index is 10.7. The van der Waals surface area contributed by atoms with Gasteiger partial charge in [0.05, 0.1) is 11.9 Å². The number of nitrogens with one attached hydrogen (secondary N) is 1. The largest absolute Gasteiger partial charge is 0.480 e. The number of hydrogen-bond acceptors (Lipinski definition) is 3. The van der Waals surface area contributed by atoms with Crippen LogP contribution in [0.5, 0.6) is 0 Å². The highest BCUT2D eigenvalue weighted by Gasteiger charge is 2.13. The third kappa shape index (κ3) is 2.94. The lowest BCUT2D eigenvalue weighted by Gasteiger charge is -2.16. The fraction of sp³-hybridized carbons (Fsp3) is 0.455. The SMILES string of the molecule is CC(C)c1ccncc1N[C@@H](C)C(=O)O. The number of rotatable bonds is 4. The lowest BCUT2D eigenvalue weighted by atomic mass is 10.0. The molecule has 2 N–H and O–H groups in total. The molecule has 0 aromatic carbocycles. The molecule has 15 heavy (non-hydrogen) atoms. The highest BCUT2D eigenvalue weighted by Crippen LogP contribution is 2.23. The smallest absolute Gasteiger partial charge is 0.325 e. The van der Waals surface area contributed by atoms with Crippen molar-refractivity contribution in [2.24, 2.45) is 0 Å². The average Bonchev–Trinajstić information content (AvgIpc) is 2.18. The summed E-state index contributed by atoms with van der Waals surface area (Å²) in [6, 6.07) is 1.30. The third-order valence-corrected chi connectivity index (χ3v) is 2.22. The Kier molecular flexibility index (Phi) is 3.66. The molecule has 4 nitrogen and oxygen atoms in total. The molecule has 0 aliphatic heterocycles. The van der Waals surface area contributed by atoms with Crippen LogP contribution >= 0.6 is 0 Å². The molecule has 0 amide bonds. The molecule has 0 spiro atoms. The summed E-state index contributed by atoms with van der Waals surface area (Å²) in [5.74, 6) is -0.523. The number of carboxylic acid groups (broad SMARTS) is 1. The van der Waals surface area contributed by atoms with Crippen molar-refractivity contribution >= 4 is 11.7 Å². The summed E-state index contributed by atoms with van der Waals surface area (Å²) in [5, 5.41) is 11.7. The van der Waals surface area contributed by atoms with Crippen LogP contribution in [0.1, 0.15) is 32.3 Å². The Labute approximate surface area is 89.3 Å². The van der Waals surface area contributed by atoms with E-state index in [1.807, 2.05) is 6.07 Å². The zero-order valence-electron chi connectivity index (χ0n) is 9.19. The second-order valence-corrected chi connectivity index (χ2v) is 3.82. The molecule has 1 heterocycles. The quantitative estimate of drug-likeness (QED) is 0.795. The summed E-state index contributed by atoms with van der Waals surface area (Å²) < 4.78 is 0. The normalized spacial score (nSPS) is 12.5. The topological polar surface area (TPSA) is 62.2 Å². The molecule has 0 saturated carbocycles. The molecule has 82 valence electrons. The number of aromatic nitrogens is 1. The van der Waals surface area contributed by atoms with Gasteiger partial charge < -0.3 is 10.4 Å². The van der Waals surface area contributed by atoms with E-state index in [-0.39, 0.29) is 0 Å². The van der Waals surface area contributed by atoms with E-state index < -0.39 is 12.0 Å². The Morgan fingerprint density at radius 3 is 2.67 bits per heavy atom. The van der Waals surface area contributed by atoms with Gasteiger partial charge in [0, 0.05) is 6.20 Å². The number of anilines is 1. The average molecular weight is 208 g/mol. The van der Waals surface area contributed by atoms with Crippen molar-refractivity contribution in [2.75, 3.05) is 5.32 Å². The zero-order chi connectivity index (χ0) is 11.4. The van der Waals surface area contributed by atoms with E-state index in [0.717, 1.165) is 11.3 Å². The van der Waals surface area contributed by atoms with Crippen molar-refractivity contribution in [3.63, 3.8) is 0 Å². The third-order valence-electron chi connectivity index (χ3n) is 2.22. The van der Waals surface area contributed by atoms with E-state index in [2.05, 4.69) is 24.1 Å². The van der Waals surface area contributed by atoms with E-state index >= 15 is 0 Å². The summed E-state index contributed by atoms with van der Waals surface area (Å²) >= 11 is 0.